The average Bonchev–Trinajstić information content (AvgIpc) is 3.34. The molecular weight excluding hydrogens is 464 g/mol. The van der Waals surface area contributed by atoms with Gasteiger partial charge in [-0.15, -0.1) is 11.3 Å². The van der Waals surface area contributed by atoms with Crippen LogP contribution in [0.25, 0.3) is 22.6 Å². The van der Waals surface area contributed by atoms with Crippen LogP contribution in [-0.2, 0) is 9.53 Å². The zero-order valence-corrected chi connectivity index (χ0v) is 21.0. The fourth-order valence-corrected chi connectivity index (χ4v) is 4.64. The lowest BCUT2D eigenvalue weighted by atomic mass is 10.1. The highest BCUT2D eigenvalue weighted by Crippen LogP contribution is 2.34. The van der Waals surface area contributed by atoms with Crippen molar-refractivity contribution in [2.75, 3.05) is 0 Å². The van der Waals surface area contributed by atoms with Crippen molar-refractivity contribution >= 4 is 40.2 Å². The van der Waals surface area contributed by atoms with Gasteiger partial charge >= 0.3 is 5.97 Å². The van der Waals surface area contributed by atoms with Crippen LogP contribution in [0.4, 0.5) is 0 Å². The highest BCUT2D eigenvalue weighted by molar-refractivity contribution is 7.11. The predicted molar refractivity (Wildman–Crippen MR) is 140 cm³/mol. The topological polar surface area (TPSA) is 63.0 Å². The zero-order chi connectivity index (χ0) is 24.2. The number of thiazole rings is 1. The Hall–Kier alpha value is -2.94. The Morgan fingerprint density at radius 3 is 2.38 bits per heavy atom. The van der Waals surface area contributed by atoms with E-state index in [-0.39, 0.29) is 17.3 Å². The van der Waals surface area contributed by atoms with Crippen molar-refractivity contribution in [2.45, 2.75) is 58.3 Å². The van der Waals surface area contributed by atoms with Crippen molar-refractivity contribution in [2.24, 2.45) is 0 Å². The zero-order valence-electron chi connectivity index (χ0n) is 19.4. The van der Waals surface area contributed by atoms with Gasteiger partial charge in [0, 0.05) is 22.9 Å². The van der Waals surface area contributed by atoms with E-state index in [1.807, 2.05) is 35.7 Å². The van der Waals surface area contributed by atoms with Crippen LogP contribution >= 0.6 is 22.9 Å². The monoisotopic (exact) mass is 492 g/mol. The first-order chi connectivity index (χ1) is 16.6. The summed E-state index contributed by atoms with van der Waals surface area (Å²) in [6, 6.07) is 19.0. The van der Waals surface area contributed by atoms with Crippen LogP contribution in [0.1, 0.15) is 68.9 Å². The molecule has 0 amide bonds. The van der Waals surface area contributed by atoms with E-state index in [1.54, 1.807) is 24.3 Å². The van der Waals surface area contributed by atoms with Crippen LogP contribution in [0.15, 0.2) is 60.0 Å². The van der Waals surface area contributed by atoms with Crippen molar-refractivity contribution in [1.82, 2.24) is 4.98 Å². The molecule has 0 spiro atoms. The Morgan fingerprint density at radius 2 is 1.68 bits per heavy atom. The van der Waals surface area contributed by atoms with Crippen molar-refractivity contribution < 1.29 is 9.53 Å². The molecule has 0 N–H and O–H groups in total. The molecule has 0 unspecified atom stereocenters. The highest BCUT2D eigenvalue weighted by atomic mass is 35.5. The molecule has 4 nitrogen and oxygen atoms in total. The molecule has 0 aliphatic rings. The van der Waals surface area contributed by atoms with Gasteiger partial charge in [0.25, 0.3) is 0 Å². The summed E-state index contributed by atoms with van der Waals surface area (Å²) in [5, 5.41) is 12.8. The van der Waals surface area contributed by atoms with Gasteiger partial charge in [-0.05, 0) is 18.6 Å². The number of nitriles is 1. The first kappa shape index (κ1) is 25.7. The molecule has 6 heteroatoms. The predicted octanol–water partition coefficient (Wildman–Crippen LogP) is 8.54. The fourth-order valence-electron chi connectivity index (χ4n) is 3.60. The normalized spacial score (nSPS) is 11.6. The maximum Gasteiger partial charge on any atom is 0.311 e. The molecule has 0 saturated heterocycles. The maximum atomic E-state index is 12.7. The summed E-state index contributed by atoms with van der Waals surface area (Å²) in [5.74, 6) is -0.203. The van der Waals surface area contributed by atoms with Gasteiger partial charge in [-0.1, -0.05) is 99.5 Å². The number of allylic oxidation sites excluding steroid dienone is 1. The van der Waals surface area contributed by atoms with Gasteiger partial charge in [-0.25, -0.2) is 4.98 Å². The molecule has 2 aromatic carbocycles. The molecule has 3 aromatic rings. The number of hydrogen-bond acceptors (Lipinski definition) is 5. The van der Waals surface area contributed by atoms with Gasteiger partial charge in [-0.2, -0.15) is 5.26 Å². The summed E-state index contributed by atoms with van der Waals surface area (Å²) in [7, 11) is 0. The van der Waals surface area contributed by atoms with E-state index >= 15 is 0 Å². The molecule has 1 aromatic heterocycles. The van der Waals surface area contributed by atoms with Crippen LogP contribution in [0.5, 0.6) is 0 Å². The number of nitrogens with zero attached hydrogens (tertiary/aromatic N) is 2. The molecule has 0 radical (unpaired) electrons. The molecule has 0 atom stereocenters. The summed E-state index contributed by atoms with van der Waals surface area (Å²) in [6.07, 6.45) is 8.08. The number of halogens is 1. The van der Waals surface area contributed by atoms with E-state index in [0.717, 1.165) is 30.5 Å². The molecule has 34 heavy (non-hydrogen) atoms. The van der Waals surface area contributed by atoms with E-state index in [9.17, 15) is 10.1 Å². The summed E-state index contributed by atoms with van der Waals surface area (Å²) in [5.41, 5.74) is 2.43. The lowest BCUT2D eigenvalue weighted by molar-refractivity contribution is -0.136. The van der Waals surface area contributed by atoms with Gasteiger partial charge in [0.1, 0.15) is 16.6 Å². The second-order valence-electron chi connectivity index (χ2n) is 8.05. The first-order valence-electron chi connectivity index (χ1n) is 11.7. The lowest BCUT2D eigenvalue weighted by Gasteiger charge is -2.12. The van der Waals surface area contributed by atoms with Gasteiger partial charge in [0.15, 0.2) is 5.76 Å². The van der Waals surface area contributed by atoms with Crippen LogP contribution in [0, 0.1) is 11.3 Å². The van der Waals surface area contributed by atoms with E-state index in [1.165, 1.54) is 37.0 Å². The summed E-state index contributed by atoms with van der Waals surface area (Å²) in [4.78, 5) is 17.4. The van der Waals surface area contributed by atoms with Crippen molar-refractivity contribution in [3.8, 4) is 17.3 Å². The third-order valence-corrected chi connectivity index (χ3v) is 6.63. The van der Waals surface area contributed by atoms with Gasteiger partial charge in [0.2, 0.25) is 0 Å². The SMILES string of the molecule is CCCCCCCCCC(=O)OC(=C(C#N)c1nc(-c2ccccc2)cs1)c1ccccc1Cl. The van der Waals surface area contributed by atoms with Crippen molar-refractivity contribution in [1.29, 1.82) is 5.26 Å². The summed E-state index contributed by atoms with van der Waals surface area (Å²) < 4.78 is 5.79. The first-order valence-corrected chi connectivity index (χ1v) is 13.0. The average molecular weight is 493 g/mol. The molecule has 0 saturated carbocycles. The summed E-state index contributed by atoms with van der Waals surface area (Å²) >= 11 is 7.77. The minimum absolute atomic E-state index is 0.162. The molecule has 0 aliphatic heterocycles. The molecule has 3 rings (SSSR count). The fraction of sp³-hybridized carbons (Fsp3) is 0.321. The second kappa shape index (κ2) is 13.7. The number of hydrogen-bond donors (Lipinski definition) is 0. The minimum atomic E-state index is -0.365. The van der Waals surface area contributed by atoms with E-state index in [4.69, 9.17) is 16.3 Å². The largest absolute Gasteiger partial charge is 0.424 e. The smallest absolute Gasteiger partial charge is 0.311 e. The maximum absolute atomic E-state index is 12.7. The van der Waals surface area contributed by atoms with Gasteiger partial charge < -0.3 is 4.74 Å². The third kappa shape index (κ3) is 7.28. The number of carbonyl (C=O) groups excluding carboxylic acids is 1. The van der Waals surface area contributed by atoms with E-state index in [0.29, 0.717) is 22.0 Å². The molecular formula is C28H29ClN2O2S. The molecule has 176 valence electrons. The number of esters is 1. The number of benzene rings is 2. The number of carbonyl (C=O) groups is 1. The number of rotatable bonds is 12. The van der Waals surface area contributed by atoms with Gasteiger partial charge in [-0.3, -0.25) is 4.79 Å². The van der Waals surface area contributed by atoms with E-state index < -0.39 is 0 Å². The number of unbranched alkanes of at least 4 members (excludes halogenated alkanes) is 6. The Labute approximate surface area is 210 Å². The van der Waals surface area contributed by atoms with Gasteiger partial charge in [0.05, 0.1) is 10.7 Å². The highest BCUT2D eigenvalue weighted by Gasteiger charge is 2.21. The third-order valence-electron chi connectivity index (χ3n) is 5.45. The Balaban J connectivity index is 1.81. The Morgan fingerprint density at radius 1 is 1.00 bits per heavy atom. The van der Waals surface area contributed by atoms with Crippen molar-refractivity contribution in [3.63, 3.8) is 0 Å². The number of aromatic nitrogens is 1. The van der Waals surface area contributed by atoms with Crippen molar-refractivity contribution in [3.05, 3.63) is 75.6 Å². The standard InChI is InChI=1S/C28H29ClN2O2S/c1-2-3-4-5-6-7-11-18-26(32)33-27(22-16-12-13-17-24(22)29)23(19-30)28-31-25(20-34-28)21-14-9-8-10-15-21/h8-10,12-17,20H,2-7,11,18H2,1H3. The van der Waals surface area contributed by atoms with Crippen LogP contribution < -0.4 is 0 Å². The second-order valence-corrected chi connectivity index (χ2v) is 9.31. The van der Waals surface area contributed by atoms with E-state index in [2.05, 4.69) is 18.0 Å². The molecule has 0 bridgehead atoms. The number of ether oxygens (including phenoxy) is 1. The van der Waals surface area contributed by atoms with Crippen LogP contribution in [0.3, 0.4) is 0 Å². The van der Waals surface area contributed by atoms with Crippen LogP contribution in [-0.4, -0.2) is 11.0 Å². The molecule has 0 aliphatic carbocycles. The van der Waals surface area contributed by atoms with Crippen LogP contribution in [0.2, 0.25) is 5.02 Å². The quantitative estimate of drug-likeness (QED) is 0.110. The molecule has 1 heterocycles. The lowest BCUT2D eigenvalue weighted by Crippen LogP contribution is -2.06. The molecule has 0 fully saturated rings. The Bertz CT molecular complexity index is 1150. The Kier molecular flexibility index (Phi) is 10.3. The minimum Gasteiger partial charge on any atom is -0.424 e. The summed E-state index contributed by atoms with van der Waals surface area (Å²) in [6.45, 7) is 2.20.